The average molecular weight is 175 g/mol. The number of hydrogen-bond donors (Lipinski definition) is 2. The van der Waals surface area contributed by atoms with Crippen LogP contribution in [0.3, 0.4) is 0 Å². The molecule has 0 aromatic heterocycles. The maximum Gasteiger partial charge on any atom is 0.0712 e. The SMILES string of the molecule is CCCSCC1CNCC1O. The topological polar surface area (TPSA) is 32.3 Å². The minimum atomic E-state index is -0.0978. The summed E-state index contributed by atoms with van der Waals surface area (Å²) in [6.07, 6.45) is 1.14. The van der Waals surface area contributed by atoms with Gasteiger partial charge in [-0.3, -0.25) is 0 Å². The second-order valence-corrected chi connectivity index (χ2v) is 4.21. The van der Waals surface area contributed by atoms with Crippen LogP contribution in [0.4, 0.5) is 0 Å². The van der Waals surface area contributed by atoms with Crippen LogP contribution in [0.1, 0.15) is 13.3 Å². The Morgan fingerprint density at radius 1 is 1.55 bits per heavy atom. The van der Waals surface area contributed by atoms with Crippen molar-refractivity contribution in [3.8, 4) is 0 Å². The first-order valence-electron chi connectivity index (χ1n) is 4.31. The van der Waals surface area contributed by atoms with Crippen molar-refractivity contribution in [1.82, 2.24) is 5.32 Å². The fourth-order valence-electron chi connectivity index (χ4n) is 1.27. The zero-order valence-corrected chi connectivity index (χ0v) is 7.86. The first kappa shape index (κ1) is 9.36. The third-order valence-electron chi connectivity index (χ3n) is 1.98. The maximum atomic E-state index is 9.41. The lowest BCUT2D eigenvalue weighted by Gasteiger charge is -2.11. The minimum absolute atomic E-state index is 0.0978. The van der Waals surface area contributed by atoms with Crippen LogP contribution in [0.15, 0.2) is 0 Å². The van der Waals surface area contributed by atoms with E-state index in [2.05, 4.69) is 12.2 Å². The number of aliphatic hydroxyl groups excluding tert-OH is 1. The molecule has 66 valence electrons. The molecule has 0 spiro atoms. The summed E-state index contributed by atoms with van der Waals surface area (Å²) in [6.45, 7) is 3.98. The molecule has 2 atom stereocenters. The van der Waals surface area contributed by atoms with Crippen LogP contribution >= 0.6 is 11.8 Å². The maximum absolute atomic E-state index is 9.41. The predicted molar refractivity (Wildman–Crippen MR) is 50.0 cm³/mol. The van der Waals surface area contributed by atoms with Gasteiger partial charge < -0.3 is 10.4 Å². The fraction of sp³-hybridized carbons (Fsp3) is 1.00. The second-order valence-electron chi connectivity index (χ2n) is 3.06. The molecule has 11 heavy (non-hydrogen) atoms. The minimum Gasteiger partial charge on any atom is -0.391 e. The molecule has 2 unspecified atom stereocenters. The Bertz CT molecular complexity index is 110. The second kappa shape index (κ2) is 5.01. The average Bonchev–Trinajstić information content (AvgIpc) is 2.37. The van der Waals surface area contributed by atoms with Gasteiger partial charge in [0.05, 0.1) is 6.10 Å². The third-order valence-corrected chi connectivity index (χ3v) is 3.35. The summed E-state index contributed by atoms with van der Waals surface area (Å²) < 4.78 is 0. The molecule has 0 aliphatic carbocycles. The van der Waals surface area contributed by atoms with Crippen molar-refractivity contribution in [3.05, 3.63) is 0 Å². The van der Waals surface area contributed by atoms with E-state index >= 15 is 0 Å². The van der Waals surface area contributed by atoms with Crippen LogP contribution < -0.4 is 5.32 Å². The van der Waals surface area contributed by atoms with Gasteiger partial charge in [0.2, 0.25) is 0 Å². The largest absolute Gasteiger partial charge is 0.391 e. The molecule has 3 heteroatoms. The molecule has 1 aliphatic heterocycles. The highest BCUT2D eigenvalue weighted by Crippen LogP contribution is 2.15. The van der Waals surface area contributed by atoms with Crippen molar-refractivity contribution in [1.29, 1.82) is 0 Å². The molecule has 1 fully saturated rings. The quantitative estimate of drug-likeness (QED) is 0.617. The zero-order valence-electron chi connectivity index (χ0n) is 7.05. The molecule has 1 heterocycles. The van der Waals surface area contributed by atoms with Crippen molar-refractivity contribution in [2.75, 3.05) is 24.6 Å². The van der Waals surface area contributed by atoms with Gasteiger partial charge in [0.1, 0.15) is 0 Å². The van der Waals surface area contributed by atoms with Gasteiger partial charge in [-0.1, -0.05) is 6.92 Å². The molecule has 0 radical (unpaired) electrons. The van der Waals surface area contributed by atoms with Gasteiger partial charge in [0, 0.05) is 19.0 Å². The molecule has 0 bridgehead atoms. The number of β-amino-alcohol motifs (C(OH)–C–C–N with tert-alkyl or cyclic N) is 1. The Balaban J connectivity index is 2.05. The number of hydrogen-bond acceptors (Lipinski definition) is 3. The monoisotopic (exact) mass is 175 g/mol. The summed E-state index contributed by atoms with van der Waals surface area (Å²) in [4.78, 5) is 0. The Kier molecular flexibility index (Phi) is 4.26. The van der Waals surface area contributed by atoms with Crippen molar-refractivity contribution in [2.45, 2.75) is 19.4 Å². The molecule has 1 aliphatic rings. The zero-order chi connectivity index (χ0) is 8.10. The number of nitrogens with one attached hydrogen (secondary N) is 1. The summed E-state index contributed by atoms with van der Waals surface area (Å²) in [5, 5.41) is 12.6. The molecular weight excluding hydrogens is 158 g/mol. The van der Waals surface area contributed by atoms with E-state index in [0.29, 0.717) is 5.92 Å². The summed E-state index contributed by atoms with van der Waals surface area (Å²) in [5.41, 5.74) is 0. The molecule has 0 saturated carbocycles. The summed E-state index contributed by atoms with van der Waals surface area (Å²) in [6, 6.07) is 0. The lowest BCUT2D eigenvalue weighted by Crippen LogP contribution is -2.19. The van der Waals surface area contributed by atoms with Crippen LogP contribution in [-0.2, 0) is 0 Å². The van der Waals surface area contributed by atoms with E-state index in [-0.39, 0.29) is 6.10 Å². The highest BCUT2D eigenvalue weighted by molar-refractivity contribution is 7.99. The number of thioether (sulfide) groups is 1. The van der Waals surface area contributed by atoms with E-state index in [4.69, 9.17) is 0 Å². The van der Waals surface area contributed by atoms with Crippen molar-refractivity contribution in [3.63, 3.8) is 0 Å². The van der Waals surface area contributed by atoms with Gasteiger partial charge in [-0.05, 0) is 17.9 Å². The van der Waals surface area contributed by atoms with Crippen LogP contribution in [0, 0.1) is 5.92 Å². The van der Waals surface area contributed by atoms with E-state index in [9.17, 15) is 5.11 Å². The van der Waals surface area contributed by atoms with Gasteiger partial charge in [0.15, 0.2) is 0 Å². The Morgan fingerprint density at radius 2 is 2.36 bits per heavy atom. The lowest BCUT2D eigenvalue weighted by atomic mass is 10.1. The molecular formula is C8H17NOS. The number of rotatable bonds is 4. The molecule has 2 nitrogen and oxygen atoms in total. The van der Waals surface area contributed by atoms with Crippen molar-refractivity contribution in [2.24, 2.45) is 5.92 Å². The Labute approximate surface area is 72.8 Å². The van der Waals surface area contributed by atoms with Gasteiger partial charge >= 0.3 is 0 Å². The highest BCUT2D eigenvalue weighted by Gasteiger charge is 2.23. The molecule has 2 N–H and O–H groups in total. The standard InChI is InChI=1S/C8H17NOS/c1-2-3-11-6-7-4-9-5-8(7)10/h7-10H,2-6H2,1H3. The van der Waals surface area contributed by atoms with Gasteiger partial charge in [0.25, 0.3) is 0 Å². The van der Waals surface area contributed by atoms with E-state index in [0.717, 1.165) is 18.8 Å². The molecule has 0 aromatic carbocycles. The Hall–Kier alpha value is 0.270. The molecule has 0 aromatic rings. The van der Waals surface area contributed by atoms with Gasteiger partial charge in [-0.25, -0.2) is 0 Å². The van der Waals surface area contributed by atoms with Crippen LogP contribution in [0.5, 0.6) is 0 Å². The third kappa shape index (κ3) is 3.01. The van der Waals surface area contributed by atoms with Gasteiger partial charge in [-0.2, -0.15) is 11.8 Å². The molecule has 0 amide bonds. The van der Waals surface area contributed by atoms with E-state index in [1.807, 2.05) is 11.8 Å². The summed E-state index contributed by atoms with van der Waals surface area (Å²) in [5.74, 6) is 2.83. The normalized spacial score (nSPS) is 31.1. The van der Waals surface area contributed by atoms with Crippen LogP contribution in [0.2, 0.25) is 0 Å². The van der Waals surface area contributed by atoms with Crippen LogP contribution in [-0.4, -0.2) is 35.8 Å². The van der Waals surface area contributed by atoms with Gasteiger partial charge in [-0.15, -0.1) is 0 Å². The fourth-order valence-corrected chi connectivity index (χ4v) is 2.37. The van der Waals surface area contributed by atoms with E-state index in [1.54, 1.807) is 0 Å². The van der Waals surface area contributed by atoms with Crippen molar-refractivity contribution >= 4 is 11.8 Å². The smallest absolute Gasteiger partial charge is 0.0712 e. The molecule has 1 saturated heterocycles. The predicted octanol–water partition coefficient (Wildman–Crippen LogP) is 0.710. The van der Waals surface area contributed by atoms with E-state index < -0.39 is 0 Å². The first-order valence-corrected chi connectivity index (χ1v) is 5.46. The number of aliphatic hydroxyl groups is 1. The Morgan fingerprint density at radius 3 is 2.91 bits per heavy atom. The summed E-state index contributed by atoms with van der Waals surface area (Å²) >= 11 is 1.95. The van der Waals surface area contributed by atoms with Crippen molar-refractivity contribution < 1.29 is 5.11 Å². The summed E-state index contributed by atoms with van der Waals surface area (Å²) in [7, 11) is 0. The lowest BCUT2D eigenvalue weighted by molar-refractivity contribution is 0.158. The van der Waals surface area contributed by atoms with Crippen LogP contribution in [0.25, 0.3) is 0 Å². The van der Waals surface area contributed by atoms with E-state index in [1.165, 1.54) is 12.2 Å². The molecule has 1 rings (SSSR count). The highest BCUT2D eigenvalue weighted by atomic mass is 32.2. The first-order chi connectivity index (χ1) is 5.34.